The Morgan fingerprint density at radius 2 is 1.78 bits per heavy atom. The van der Waals surface area contributed by atoms with E-state index in [-0.39, 0.29) is 36.0 Å². The number of nitrogens with zero attached hydrogens (tertiary/aromatic N) is 6. The fourth-order valence-electron chi connectivity index (χ4n) is 6.30. The number of ether oxygens (including phenoxy) is 1. The van der Waals surface area contributed by atoms with Crippen molar-refractivity contribution in [3.8, 4) is 0 Å². The third-order valence-corrected chi connectivity index (χ3v) is 11.7. The van der Waals surface area contributed by atoms with Crippen molar-refractivity contribution in [2.75, 3.05) is 31.3 Å². The van der Waals surface area contributed by atoms with Crippen LogP contribution in [0.4, 0.5) is 11.8 Å². The van der Waals surface area contributed by atoms with Crippen LogP contribution >= 0.6 is 38.1 Å². The minimum absolute atomic E-state index is 0.0238. The van der Waals surface area contributed by atoms with Crippen molar-refractivity contribution in [3.05, 3.63) is 35.3 Å². The zero-order valence-corrected chi connectivity index (χ0v) is 27.1. The Morgan fingerprint density at radius 3 is 2.54 bits per heavy atom. The second-order valence-electron chi connectivity index (χ2n) is 11.1. The molecule has 23 heteroatoms. The number of anilines is 2. The number of hydrogen-bond donors (Lipinski definition) is 7. The first-order valence-electron chi connectivity index (χ1n) is 13.9. The van der Waals surface area contributed by atoms with E-state index in [1.807, 2.05) is 0 Å². The first kappa shape index (κ1) is 32.0. The lowest BCUT2D eigenvalue weighted by Gasteiger charge is -2.28. The molecule has 248 valence electrons. The number of hydrogen-bond acceptors (Lipinski definition) is 16. The highest BCUT2D eigenvalue weighted by Gasteiger charge is 2.52. The average molecular weight is 718 g/mol. The fraction of sp³-hybridized carbons (Fsp3) is 0.522. The Morgan fingerprint density at radius 1 is 1.04 bits per heavy atom. The summed E-state index contributed by atoms with van der Waals surface area (Å²) in [6, 6.07) is 1.05. The van der Waals surface area contributed by atoms with Gasteiger partial charge in [0.25, 0.3) is 5.56 Å². The van der Waals surface area contributed by atoms with Gasteiger partial charge < -0.3 is 35.5 Å². The number of nitrogens with one attached hydrogen (secondary N) is 1. The molecule has 1 saturated carbocycles. The van der Waals surface area contributed by atoms with Gasteiger partial charge in [0.05, 0.1) is 43.7 Å². The molecule has 2 aliphatic heterocycles. The maximum Gasteiger partial charge on any atom is 0.386 e. The van der Waals surface area contributed by atoms with Gasteiger partial charge in [-0.3, -0.25) is 27.9 Å². The smallest absolute Gasteiger partial charge is 0.386 e. The maximum atomic E-state index is 13.7. The molecule has 0 amide bonds. The van der Waals surface area contributed by atoms with Crippen molar-refractivity contribution in [1.82, 2.24) is 34.1 Å². The number of aliphatic hydroxyl groups is 2. The number of H-pyrrole nitrogens is 1. The summed E-state index contributed by atoms with van der Waals surface area (Å²) in [5.74, 6) is -1.58. The molecule has 7 rings (SSSR count). The van der Waals surface area contributed by atoms with Gasteiger partial charge in [0, 0.05) is 18.0 Å². The number of aliphatic hydroxyl groups excluding tert-OH is 2. The predicted molar refractivity (Wildman–Crippen MR) is 167 cm³/mol. The van der Waals surface area contributed by atoms with Crippen LogP contribution in [0.2, 0.25) is 0 Å². The number of thiol groups is 2. The summed E-state index contributed by atoms with van der Waals surface area (Å²) in [4.78, 5) is 31.3. The first-order chi connectivity index (χ1) is 21.9. The van der Waals surface area contributed by atoms with Crippen molar-refractivity contribution in [2.45, 2.75) is 43.1 Å². The summed E-state index contributed by atoms with van der Waals surface area (Å²) in [6.45, 7) is -9.78. The molecule has 1 aliphatic carbocycles. The van der Waals surface area contributed by atoms with Crippen LogP contribution in [0.5, 0.6) is 0 Å². The van der Waals surface area contributed by atoms with Crippen LogP contribution in [0, 0.1) is 11.8 Å². The zero-order valence-electron chi connectivity index (χ0n) is 23.5. The third-order valence-electron chi connectivity index (χ3n) is 8.43. The summed E-state index contributed by atoms with van der Waals surface area (Å²) >= 11 is 8.37. The molecule has 6 heterocycles. The topological polar surface area (TPSA) is 267 Å². The number of nitrogens with two attached hydrogens (primary N) is 2. The van der Waals surface area contributed by atoms with Crippen LogP contribution in [0.1, 0.15) is 18.7 Å². The molecule has 3 aliphatic rings. The Hall–Kier alpha value is -2.55. The van der Waals surface area contributed by atoms with E-state index in [2.05, 4.69) is 49.4 Å². The van der Waals surface area contributed by atoms with Gasteiger partial charge in [-0.1, -0.05) is 24.5 Å². The molecule has 0 radical (unpaired) electrons. The van der Waals surface area contributed by atoms with Crippen LogP contribution in [0.3, 0.4) is 0 Å². The molecule has 2 bridgehead atoms. The Kier molecular flexibility index (Phi) is 8.25. The van der Waals surface area contributed by atoms with Crippen LogP contribution in [-0.2, 0) is 32.0 Å². The molecule has 10 atom stereocenters. The normalized spacial score (nSPS) is 37.1. The molecule has 0 aromatic carbocycles. The van der Waals surface area contributed by atoms with E-state index in [4.69, 9.17) is 34.3 Å². The average Bonchev–Trinajstić information content (AvgIpc) is 3.75. The first-order valence-corrected chi connectivity index (χ1v) is 19.3. The minimum atomic E-state index is -4.25. The van der Waals surface area contributed by atoms with Gasteiger partial charge in [-0.05, 0) is 12.5 Å². The van der Waals surface area contributed by atoms with Gasteiger partial charge in [-0.15, -0.1) is 0 Å². The Bertz CT molecular complexity index is 1960. The highest BCUT2D eigenvalue weighted by Crippen LogP contribution is 2.61. The zero-order chi connectivity index (χ0) is 32.5. The Labute approximate surface area is 269 Å². The summed E-state index contributed by atoms with van der Waals surface area (Å²) in [5.41, 5.74) is 11.6. The standard InChI is InChI=1S/C23H29N9O10P2S2/c24-18-10-1-2-31(19(10)27-7-26-18)12-3-9-5-38-43(36,45)42-17-11(4-33)13(6-39-44(37,46)41-16(9)15(12)34)40-22(17)32-8-28-14-20(32)29-23(25)30-21(14)35/h1-2,7-9,11-13,15-17,22,33-34H,3-6H2,(H,36,45)(H,37,46)(H2,24,26,27)(H3,25,29,30,35)/t9-,11-,12-,13-,15+,16-,17-,22-,43-,44-/m1/s1. The molecule has 0 unspecified atom stereocenters. The quantitative estimate of drug-likeness (QED) is 0.115. The number of rotatable bonds is 3. The van der Waals surface area contributed by atoms with Crippen molar-refractivity contribution in [3.63, 3.8) is 0 Å². The van der Waals surface area contributed by atoms with E-state index in [1.54, 1.807) is 16.8 Å². The van der Waals surface area contributed by atoms with E-state index in [0.29, 0.717) is 11.0 Å². The fourth-order valence-corrected chi connectivity index (χ4v) is 9.37. The third kappa shape index (κ3) is 5.66. The lowest BCUT2D eigenvalue weighted by molar-refractivity contribution is -0.0501. The van der Waals surface area contributed by atoms with Crippen LogP contribution in [0.15, 0.2) is 29.7 Å². The van der Waals surface area contributed by atoms with Crippen molar-refractivity contribution < 1.29 is 42.2 Å². The summed E-state index contributed by atoms with van der Waals surface area (Å²) in [6.07, 6.45) is -1.46. The van der Waals surface area contributed by atoms with Crippen molar-refractivity contribution in [2.24, 2.45) is 11.8 Å². The van der Waals surface area contributed by atoms with Gasteiger partial charge in [0.2, 0.25) is 5.95 Å². The molecule has 2 saturated heterocycles. The number of imidazole rings is 1. The molecule has 4 aromatic heterocycles. The van der Waals surface area contributed by atoms with Crippen LogP contribution < -0.4 is 17.0 Å². The summed E-state index contributed by atoms with van der Waals surface area (Å²) in [7, 11) is 0. The van der Waals surface area contributed by atoms with Crippen molar-refractivity contribution in [1.29, 1.82) is 0 Å². The van der Waals surface area contributed by atoms with Crippen LogP contribution in [0.25, 0.3) is 22.2 Å². The molecule has 46 heavy (non-hydrogen) atoms. The number of aromatic amines is 1. The van der Waals surface area contributed by atoms with Crippen molar-refractivity contribution >= 4 is 72.1 Å². The lowest BCUT2D eigenvalue weighted by atomic mass is 9.99. The largest absolute Gasteiger partial charge is 0.396 e. The second-order valence-corrected chi connectivity index (χ2v) is 16.9. The monoisotopic (exact) mass is 717 g/mol. The number of aromatic nitrogens is 7. The van der Waals surface area contributed by atoms with E-state index >= 15 is 0 Å². The lowest BCUT2D eigenvalue weighted by Crippen LogP contribution is -2.33. The van der Waals surface area contributed by atoms with E-state index in [0.717, 1.165) is 0 Å². The number of nitrogen functional groups attached to an aromatic ring is 2. The van der Waals surface area contributed by atoms with E-state index in [9.17, 15) is 24.1 Å². The van der Waals surface area contributed by atoms with Gasteiger partial charge in [0.1, 0.15) is 36.1 Å². The molecular weight excluding hydrogens is 688 g/mol. The second kappa shape index (κ2) is 11.9. The molecule has 19 nitrogen and oxygen atoms in total. The molecular formula is C23H29N9O10P2S2. The highest BCUT2D eigenvalue weighted by molar-refractivity contribution is 8.44. The van der Waals surface area contributed by atoms with Gasteiger partial charge >= 0.3 is 13.6 Å². The SMILES string of the molecule is Nc1nc2c(ncn2[C@@H]2O[C@@H]3CO[P@@](=O)(S)O[C@@H]4[C@@H](CO[P@@](=O)(S)O[C@@H]2[C@@H]3CO)C[C@@H](n2ccc3c(N)ncnc32)[C@@H]4O)c(=O)[nH]1. The van der Waals surface area contributed by atoms with Gasteiger partial charge in [-0.2, -0.15) is 4.98 Å². The number of fused-ring (bicyclic) bond motifs is 5. The van der Waals surface area contributed by atoms with Gasteiger partial charge in [-0.25, -0.2) is 24.1 Å². The molecule has 4 aromatic rings. The van der Waals surface area contributed by atoms with E-state index in [1.165, 1.54) is 17.2 Å². The molecule has 0 spiro atoms. The van der Waals surface area contributed by atoms with Gasteiger partial charge in [0.15, 0.2) is 17.4 Å². The predicted octanol–water partition coefficient (Wildman–Crippen LogP) is 1.05. The summed E-state index contributed by atoms with van der Waals surface area (Å²) in [5, 5.41) is 22.4. The molecule has 3 fully saturated rings. The minimum Gasteiger partial charge on any atom is -0.396 e. The maximum absolute atomic E-state index is 13.7. The summed E-state index contributed by atoms with van der Waals surface area (Å²) < 4.78 is 59.6. The highest BCUT2D eigenvalue weighted by atomic mass is 32.7. The van der Waals surface area contributed by atoms with Crippen LogP contribution in [-0.4, -0.2) is 88.5 Å². The molecule has 7 N–H and O–H groups in total. The van der Waals surface area contributed by atoms with E-state index < -0.39 is 80.9 Å². The Balaban J connectivity index is 1.22.